The Hall–Kier alpha value is -2.43. The van der Waals surface area contributed by atoms with Gasteiger partial charge in [0.1, 0.15) is 0 Å². The number of pyridine rings is 1. The van der Waals surface area contributed by atoms with E-state index in [1.54, 1.807) is 11.1 Å². The first kappa shape index (κ1) is 14.5. The van der Waals surface area contributed by atoms with E-state index in [2.05, 4.69) is 4.98 Å². The fraction of sp³-hybridized carbons (Fsp3) is 0.353. The van der Waals surface area contributed by atoms with E-state index in [4.69, 9.17) is 4.74 Å². The van der Waals surface area contributed by atoms with Crippen LogP contribution in [0.3, 0.4) is 0 Å². The van der Waals surface area contributed by atoms with Crippen molar-refractivity contribution in [3.63, 3.8) is 0 Å². The molecule has 0 spiro atoms. The molecule has 0 saturated carbocycles. The molecule has 3 rings (SSSR count). The van der Waals surface area contributed by atoms with Gasteiger partial charge in [0, 0.05) is 37.0 Å². The maximum absolute atomic E-state index is 12.3. The minimum atomic E-state index is -0.431. The second-order valence-corrected chi connectivity index (χ2v) is 5.48. The van der Waals surface area contributed by atoms with E-state index >= 15 is 0 Å². The summed E-state index contributed by atoms with van der Waals surface area (Å²) in [5.41, 5.74) is 0.328. The van der Waals surface area contributed by atoms with Crippen molar-refractivity contribution in [3.8, 4) is 0 Å². The van der Waals surface area contributed by atoms with Gasteiger partial charge in [-0.15, -0.1) is 0 Å². The zero-order chi connectivity index (χ0) is 15.5. The number of esters is 1. The molecule has 5 heteroatoms. The Morgan fingerprint density at radius 2 is 2.18 bits per heavy atom. The average Bonchev–Trinajstić information content (AvgIpc) is 2.92. The normalized spacial score (nSPS) is 18.0. The number of fused-ring (bicyclic) bond motifs is 1. The molecule has 2 aromatic rings. The molecule has 0 bridgehead atoms. The van der Waals surface area contributed by atoms with Gasteiger partial charge in [-0.25, -0.2) is 9.78 Å². The van der Waals surface area contributed by atoms with Gasteiger partial charge in [0.25, 0.3) is 0 Å². The number of aromatic nitrogens is 1. The number of carbonyl (C=O) groups excluding carboxylic acids is 2. The standard InChI is InChI=1S/C17H18N2O3/c1-2-19-10-12(9-15(19)20)11-22-17(21)16-14-6-4-3-5-13(14)7-8-18-16/h3-8,12H,2,9-11H2,1H3. The maximum atomic E-state index is 12.3. The van der Waals surface area contributed by atoms with Crippen molar-refractivity contribution in [1.82, 2.24) is 9.88 Å². The molecule has 2 heterocycles. The van der Waals surface area contributed by atoms with Crippen LogP contribution in [-0.4, -0.2) is 41.5 Å². The largest absolute Gasteiger partial charge is 0.461 e. The Kier molecular flexibility index (Phi) is 4.04. The molecule has 0 N–H and O–H groups in total. The predicted molar refractivity (Wildman–Crippen MR) is 82.4 cm³/mol. The topological polar surface area (TPSA) is 59.5 Å². The van der Waals surface area contributed by atoms with Crippen LogP contribution in [0.15, 0.2) is 36.5 Å². The first-order valence-corrected chi connectivity index (χ1v) is 7.47. The molecular weight excluding hydrogens is 280 g/mol. The van der Waals surface area contributed by atoms with Gasteiger partial charge in [-0.05, 0) is 18.4 Å². The molecule has 0 radical (unpaired) electrons. The molecule has 1 fully saturated rings. The third-order valence-electron chi connectivity index (χ3n) is 3.99. The summed E-state index contributed by atoms with van der Waals surface area (Å²) in [6.45, 7) is 3.57. The molecule has 5 nitrogen and oxygen atoms in total. The lowest BCUT2D eigenvalue weighted by Crippen LogP contribution is -2.25. The summed E-state index contributed by atoms with van der Waals surface area (Å²) in [6, 6.07) is 9.44. The predicted octanol–water partition coefficient (Wildman–Crippen LogP) is 2.26. The lowest BCUT2D eigenvalue weighted by Gasteiger charge is -2.13. The molecule has 1 aromatic heterocycles. The van der Waals surface area contributed by atoms with Gasteiger partial charge in [-0.3, -0.25) is 4.79 Å². The van der Waals surface area contributed by atoms with Crippen LogP contribution >= 0.6 is 0 Å². The molecule has 1 saturated heterocycles. The number of likely N-dealkylation sites (tertiary alicyclic amines) is 1. The van der Waals surface area contributed by atoms with E-state index in [-0.39, 0.29) is 18.4 Å². The highest BCUT2D eigenvalue weighted by atomic mass is 16.5. The minimum Gasteiger partial charge on any atom is -0.461 e. The summed E-state index contributed by atoms with van der Waals surface area (Å²) in [5.74, 6) is -0.225. The monoisotopic (exact) mass is 298 g/mol. The van der Waals surface area contributed by atoms with Gasteiger partial charge in [0.2, 0.25) is 5.91 Å². The zero-order valence-electron chi connectivity index (χ0n) is 12.5. The molecular formula is C17H18N2O3. The van der Waals surface area contributed by atoms with Crippen LogP contribution in [0, 0.1) is 5.92 Å². The van der Waals surface area contributed by atoms with E-state index in [9.17, 15) is 9.59 Å². The van der Waals surface area contributed by atoms with Crippen molar-refractivity contribution in [2.75, 3.05) is 19.7 Å². The first-order chi connectivity index (χ1) is 10.7. The molecule has 1 amide bonds. The van der Waals surface area contributed by atoms with Crippen molar-refractivity contribution in [3.05, 3.63) is 42.2 Å². The second kappa shape index (κ2) is 6.13. The van der Waals surface area contributed by atoms with Crippen LogP contribution in [0.5, 0.6) is 0 Å². The molecule has 1 unspecified atom stereocenters. The van der Waals surface area contributed by atoms with Crippen LogP contribution in [0.4, 0.5) is 0 Å². The number of benzene rings is 1. The molecule has 22 heavy (non-hydrogen) atoms. The minimum absolute atomic E-state index is 0.0753. The molecule has 1 aliphatic heterocycles. The van der Waals surface area contributed by atoms with E-state index in [0.717, 1.165) is 10.8 Å². The van der Waals surface area contributed by atoms with Crippen LogP contribution < -0.4 is 0 Å². The number of nitrogens with zero attached hydrogens (tertiary/aromatic N) is 2. The summed E-state index contributed by atoms with van der Waals surface area (Å²) in [7, 11) is 0. The van der Waals surface area contributed by atoms with Gasteiger partial charge in [-0.1, -0.05) is 24.3 Å². The zero-order valence-corrected chi connectivity index (χ0v) is 12.5. The Balaban J connectivity index is 1.68. The third-order valence-corrected chi connectivity index (χ3v) is 3.99. The van der Waals surface area contributed by atoms with E-state index in [1.807, 2.05) is 37.3 Å². The smallest absolute Gasteiger partial charge is 0.357 e. The maximum Gasteiger partial charge on any atom is 0.357 e. The number of rotatable bonds is 4. The SMILES string of the molecule is CCN1CC(COC(=O)c2nccc3ccccc23)CC1=O. The van der Waals surface area contributed by atoms with E-state index in [1.165, 1.54) is 0 Å². The van der Waals surface area contributed by atoms with Crippen molar-refractivity contribution < 1.29 is 14.3 Å². The lowest BCUT2D eigenvalue weighted by molar-refractivity contribution is -0.127. The lowest BCUT2D eigenvalue weighted by atomic mass is 10.1. The van der Waals surface area contributed by atoms with E-state index < -0.39 is 5.97 Å². The Morgan fingerprint density at radius 1 is 1.36 bits per heavy atom. The third kappa shape index (κ3) is 2.79. The fourth-order valence-corrected chi connectivity index (χ4v) is 2.82. The Bertz CT molecular complexity index is 709. The summed E-state index contributed by atoms with van der Waals surface area (Å²) in [6.07, 6.45) is 2.06. The quantitative estimate of drug-likeness (QED) is 0.812. The van der Waals surface area contributed by atoms with Crippen molar-refractivity contribution >= 4 is 22.6 Å². The summed E-state index contributed by atoms with van der Waals surface area (Å²) in [5, 5.41) is 1.74. The van der Waals surface area contributed by atoms with Gasteiger partial charge in [-0.2, -0.15) is 0 Å². The summed E-state index contributed by atoms with van der Waals surface area (Å²) >= 11 is 0. The molecule has 114 valence electrons. The first-order valence-electron chi connectivity index (χ1n) is 7.47. The highest BCUT2D eigenvalue weighted by Crippen LogP contribution is 2.20. The Morgan fingerprint density at radius 3 is 2.95 bits per heavy atom. The number of hydrogen-bond donors (Lipinski definition) is 0. The summed E-state index contributed by atoms with van der Waals surface area (Å²) in [4.78, 5) is 29.9. The van der Waals surface area contributed by atoms with Crippen LogP contribution in [0.1, 0.15) is 23.8 Å². The van der Waals surface area contributed by atoms with Crippen LogP contribution in [0.2, 0.25) is 0 Å². The number of carbonyl (C=O) groups is 2. The van der Waals surface area contributed by atoms with Crippen LogP contribution in [0.25, 0.3) is 10.8 Å². The van der Waals surface area contributed by atoms with Crippen molar-refractivity contribution in [1.29, 1.82) is 0 Å². The molecule has 0 aliphatic carbocycles. The average molecular weight is 298 g/mol. The highest BCUT2D eigenvalue weighted by Gasteiger charge is 2.29. The summed E-state index contributed by atoms with van der Waals surface area (Å²) < 4.78 is 5.38. The molecule has 1 aliphatic rings. The number of hydrogen-bond acceptors (Lipinski definition) is 4. The fourth-order valence-electron chi connectivity index (χ4n) is 2.82. The second-order valence-electron chi connectivity index (χ2n) is 5.48. The number of amides is 1. The van der Waals surface area contributed by atoms with Gasteiger partial charge < -0.3 is 9.64 Å². The number of ether oxygens (including phenoxy) is 1. The molecule has 1 atom stereocenters. The molecule has 1 aromatic carbocycles. The van der Waals surface area contributed by atoms with Gasteiger partial charge in [0.05, 0.1) is 6.61 Å². The van der Waals surface area contributed by atoms with E-state index in [0.29, 0.717) is 25.2 Å². The van der Waals surface area contributed by atoms with Gasteiger partial charge in [0.15, 0.2) is 5.69 Å². The van der Waals surface area contributed by atoms with Crippen molar-refractivity contribution in [2.45, 2.75) is 13.3 Å². The van der Waals surface area contributed by atoms with Gasteiger partial charge >= 0.3 is 5.97 Å². The highest BCUT2D eigenvalue weighted by molar-refractivity contribution is 6.02. The Labute approximate surface area is 128 Å². The van der Waals surface area contributed by atoms with Crippen molar-refractivity contribution in [2.24, 2.45) is 5.92 Å². The van der Waals surface area contributed by atoms with Crippen LogP contribution in [-0.2, 0) is 9.53 Å².